The van der Waals surface area contributed by atoms with Crippen LogP contribution in [0.1, 0.15) is 36.6 Å². The van der Waals surface area contributed by atoms with E-state index in [-0.39, 0.29) is 17.9 Å². The number of rotatable bonds is 3. The lowest BCUT2D eigenvalue weighted by molar-refractivity contribution is 0.245. The minimum absolute atomic E-state index is 0.0349. The van der Waals surface area contributed by atoms with E-state index in [1.807, 2.05) is 37.3 Å². The molecule has 0 bridgehead atoms. The summed E-state index contributed by atoms with van der Waals surface area (Å²) in [5, 5.41) is 3.51. The maximum absolute atomic E-state index is 13.8. The van der Waals surface area contributed by atoms with Gasteiger partial charge in [0.25, 0.3) is 0 Å². The van der Waals surface area contributed by atoms with Gasteiger partial charge >= 0.3 is 0 Å². The van der Waals surface area contributed by atoms with Gasteiger partial charge in [-0.15, -0.1) is 0 Å². The number of benzene rings is 2. The van der Waals surface area contributed by atoms with Gasteiger partial charge in [0.2, 0.25) is 0 Å². The summed E-state index contributed by atoms with van der Waals surface area (Å²) in [5.74, 6) is 0.768. The highest BCUT2D eigenvalue weighted by Gasteiger charge is 2.23. The number of para-hydroxylation sites is 1. The van der Waals surface area contributed by atoms with Gasteiger partial charge in [-0.2, -0.15) is 0 Å². The summed E-state index contributed by atoms with van der Waals surface area (Å²) < 4.78 is 19.5. The van der Waals surface area contributed by atoms with E-state index in [0.29, 0.717) is 12.2 Å². The van der Waals surface area contributed by atoms with Crippen molar-refractivity contribution in [1.29, 1.82) is 0 Å². The normalized spacial score (nSPS) is 19.0. The second kappa shape index (κ2) is 5.63. The van der Waals surface area contributed by atoms with Gasteiger partial charge in [0.1, 0.15) is 11.6 Å². The molecule has 0 saturated heterocycles. The Labute approximate surface area is 118 Å². The van der Waals surface area contributed by atoms with E-state index in [9.17, 15) is 4.39 Å². The molecule has 0 radical (unpaired) electrons. The monoisotopic (exact) mass is 271 g/mol. The number of hydrogen-bond donors (Lipinski definition) is 1. The Kier molecular flexibility index (Phi) is 3.70. The molecule has 3 heteroatoms. The lowest BCUT2D eigenvalue weighted by Gasteiger charge is -2.29. The topological polar surface area (TPSA) is 21.3 Å². The molecule has 0 aliphatic carbocycles. The van der Waals surface area contributed by atoms with E-state index in [2.05, 4.69) is 11.4 Å². The summed E-state index contributed by atoms with van der Waals surface area (Å²) in [6.45, 7) is 2.69. The largest absolute Gasteiger partial charge is 0.493 e. The van der Waals surface area contributed by atoms with Crippen molar-refractivity contribution in [2.45, 2.75) is 25.4 Å². The molecule has 104 valence electrons. The molecule has 2 atom stereocenters. The van der Waals surface area contributed by atoms with E-state index in [0.717, 1.165) is 17.7 Å². The number of hydrogen-bond acceptors (Lipinski definition) is 2. The number of nitrogens with one attached hydrogen (secondary N) is 1. The highest BCUT2D eigenvalue weighted by atomic mass is 19.1. The van der Waals surface area contributed by atoms with Crippen LogP contribution in [0.4, 0.5) is 4.39 Å². The summed E-state index contributed by atoms with van der Waals surface area (Å²) in [6, 6.07) is 15.1. The molecule has 1 aliphatic rings. The minimum Gasteiger partial charge on any atom is -0.493 e. The van der Waals surface area contributed by atoms with Crippen molar-refractivity contribution in [2.24, 2.45) is 0 Å². The molecule has 1 aliphatic heterocycles. The number of ether oxygens (including phenoxy) is 1. The quantitative estimate of drug-likeness (QED) is 0.911. The Hall–Kier alpha value is -1.87. The van der Waals surface area contributed by atoms with Crippen LogP contribution >= 0.6 is 0 Å². The van der Waals surface area contributed by atoms with Crippen molar-refractivity contribution in [1.82, 2.24) is 5.32 Å². The van der Waals surface area contributed by atoms with Crippen LogP contribution in [-0.4, -0.2) is 6.61 Å². The smallest absolute Gasteiger partial charge is 0.127 e. The van der Waals surface area contributed by atoms with E-state index in [1.54, 1.807) is 6.07 Å². The van der Waals surface area contributed by atoms with Crippen LogP contribution in [0, 0.1) is 5.82 Å². The van der Waals surface area contributed by atoms with Gasteiger partial charge in [-0.25, -0.2) is 4.39 Å². The lowest BCUT2D eigenvalue weighted by Crippen LogP contribution is -2.29. The van der Waals surface area contributed by atoms with Gasteiger partial charge in [-0.3, -0.25) is 0 Å². The third-order valence-electron chi connectivity index (χ3n) is 3.78. The van der Waals surface area contributed by atoms with Crippen LogP contribution in [0.15, 0.2) is 48.5 Å². The second-order valence-electron chi connectivity index (χ2n) is 5.14. The molecule has 2 aromatic carbocycles. The molecule has 0 saturated carbocycles. The summed E-state index contributed by atoms with van der Waals surface area (Å²) in [7, 11) is 0. The Morgan fingerprint density at radius 2 is 1.90 bits per heavy atom. The summed E-state index contributed by atoms with van der Waals surface area (Å²) in [6.07, 6.45) is 0.899. The summed E-state index contributed by atoms with van der Waals surface area (Å²) in [4.78, 5) is 0. The minimum atomic E-state index is -0.159. The zero-order valence-corrected chi connectivity index (χ0v) is 11.5. The van der Waals surface area contributed by atoms with Gasteiger partial charge in [0.15, 0.2) is 0 Å². The molecule has 2 unspecified atom stereocenters. The predicted octanol–water partition coefficient (Wildman–Crippen LogP) is 4.00. The Bertz CT molecular complexity index is 599. The van der Waals surface area contributed by atoms with E-state index in [4.69, 9.17) is 4.74 Å². The van der Waals surface area contributed by atoms with Crippen LogP contribution in [0.3, 0.4) is 0 Å². The van der Waals surface area contributed by atoms with Crippen molar-refractivity contribution < 1.29 is 9.13 Å². The van der Waals surface area contributed by atoms with Crippen molar-refractivity contribution in [3.8, 4) is 5.75 Å². The standard InChI is InChI=1S/C17H18FNO/c1-12(13-6-2-4-8-15(13)18)19-16-10-11-20-17-9-5-3-7-14(16)17/h2-9,12,16,19H,10-11H2,1H3. The maximum Gasteiger partial charge on any atom is 0.127 e. The molecule has 3 rings (SSSR count). The number of fused-ring (bicyclic) bond motifs is 1. The fourth-order valence-electron chi connectivity index (χ4n) is 2.73. The third kappa shape index (κ3) is 2.54. The molecule has 1 N–H and O–H groups in total. The van der Waals surface area contributed by atoms with Crippen LogP contribution in [0.2, 0.25) is 0 Å². The lowest BCUT2D eigenvalue weighted by atomic mass is 9.98. The molecule has 2 nitrogen and oxygen atoms in total. The van der Waals surface area contributed by atoms with Gasteiger partial charge in [-0.05, 0) is 19.1 Å². The van der Waals surface area contributed by atoms with Crippen molar-refractivity contribution >= 4 is 0 Å². The first-order valence-corrected chi connectivity index (χ1v) is 6.98. The van der Waals surface area contributed by atoms with Crippen LogP contribution in [-0.2, 0) is 0 Å². The van der Waals surface area contributed by atoms with Gasteiger partial charge < -0.3 is 10.1 Å². The highest BCUT2D eigenvalue weighted by Crippen LogP contribution is 2.33. The summed E-state index contributed by atoms with van der Waals surface area (Å²) in [5.41, 5.74) is 1.86. The first kappa shape index (κ1) is 13.1. The first-order chi connectivity index (χ1) is 9.75. The molecule has 0 amide bonds. The average Bonchev–Trinajstić information content (AvgIpc) is 2.48. The molecular formula is C17H18FNO. The van der Waals surface area contributed by atoms with Crippen LogP contribution < -0.4 is 10.1 Å². The van der Waals surface area contributed by atoms with Crippen LogP contribution in [0.25, 0.3) is 0 Å². The Morgan fingerprint density at radius 1 is 1.15 bits per heavy atom. The highest BCUT2D eigenvalue weighted by molar-refractivity contribution is 5.37. The molecule has 20 heavy (non-hydrogen) atoms. The van der Waals surface area contributed by atoms with E-state index < -0.39 is 0 Å². The van der Waals surface area contributed by atoms with Gasteiger partial charge in [0.05, 0.1) is 6.61 Å². The molecule has 0 aromatic heterocycles. The molecule has 2 aromatic rings. The predicted molar refractivity (Wildman–Crippen MR) is 77.2 cm³/mol. The van der Waals surface area contributed by atoms with E-state index >= 15 is 0 Å². The first-order valence-electron chi connectivity index (χ1n) is 6.98. The third-order valence-corrected chi connectivity index (χ3v) is 3.78. The fraction of sp³-hybridized carbons (Fsp3) is 0.294. The fourth-order valence-corrected chi connectivity index (χ4v) is 2.73. The zero-order valence-electron chi connectivity index (χ0n) is 11.5. The average molecular weight is 271 g/mol. The Morgan fingerprint density at radius 3 is 2.75 bits per heavy atom. The van der Waals surface area contributed by atoms with Gasteiger partial charge in [-0.1, -0.05) is 36.4 Å². The molecule has 1 heterocycles. The van der Waals surface area contributed by atoms with Crippen molar-refractivity contribution in [3.05, 3.63) is 65.5 Å². The van der Waals surface area contributed by atoms with E-state index in [1.165, 1.54) is 6.07 Å². The maximum atomic E-state index is 13.8. The van der Waals surface area contributed by atoms with Gasteiger partial charge in [0, 0.05) is 29.6 Å². The second-order valence-corrected chi connectivity index (χ2v) is 5.14. The Balaban J connectivity index is 1.81. The number of halogens is 1. The van der Waals surface area contributed by atoms with Crippen molar-refractivity contribution in [3.63, 3.8) is 0 Å². The molecular weight excluding hydrogens is 253 g/mol. The SMILES string of the molecule is CC(NC1CCOc2ccccc21)c1ccccc1F. The summed E-state index contributed by atoms with van der Waals surface area (Å²) >= 11 is 0. The van der Waals surface area contributed by atoms with Crippen molar-refractivity contribution in [2.75, 3.05) is 6.61 Å². The van der Waals surface area contributed by atoms with Crippen LogP contribution in [0.5, 0.6) is 5.75 Å². The zero-order chi connectivity index (χ0) is 13.9. The molecule has 0 spiro atoms. The molecule has 0 fully saturated rings.